The van der Waals surface area contributed by atoms with Crippen molar-refractivity contribution < 1.29 is 9.18 Å². The van der Waals surface area contributed by atoms with Crippen molar-refractivity contribution in [3.8, 4) is 0 Å². The van der Waals surface area contributed by atoms with Gasteiger partial charge in [-0.2, -0.15) is 0 Å². The Labute approximate surface area is 168 Å². The first-order valence-corrected chi connectivity index (χ1v) is 10.2. The Bertz CT molecular complexity index is 840. The number of carbonyl (C=O) groups excluding carboxylic acids is 1. The first-order chi connectivity index (χ1) is 12.7. The molecule has 1 aromatic carbocycles. The summed E-state index contributed by atoms with van der Waals surface area (Å²) in [6, 6.07) is 7.83. The second-order valence-corrected chi connectivity index (χ2v) is 9.45. The maximum Gasteiger partial charge on any atom is 0.279 e. The summed E-state index contributed by atoms with van der Waals surface area (Å²) in [5.41, 5.74) is 7.53. The maximum atomic E-state index is 12.9. The van der Waals surface area contributed by atoms with Crippen molar-refractivity contribution in [2.45, 2.75) is 40.0 Å². The van der Waals surface area contributed by atoms with E-state index in [1.165, 1.54) is 29.0 Å². The van der Waals surface area contributed by atoms with Gasteiger partial charge in [-0.05, 0) is 78.7 Å². The number of hydrogen-bond donors (Lipinski definition) is 3. The van der Waals surface area contributed by atoms with Crippen molar-refractivity contribution in [2.75, 3.05) is 5.32 Å². The molecule has 1 aromatic heterocycles. The molecule has 3 rings (SSSR count). The van der Waals surface area contributed by atoms with Crippen LogP contribution in [0.4, 0.5) is 10.1 Å². The lowest BCUT2D eigenvalue weighted by atomic mass is 9.72. The van der Waals surface area contributed by atoms with Crippen LogP contribution in [0.3, 0.4) is 0 Å². The zero-order valence-electron chi connectivity index (χ0n) is 15.7. The zero-order chi connectivity index (χ0) is 19.6. The number of hydrogen-bond acceptors (Lipinski definition) is 3. The first kappa shape index (κ1) is 19.8. The molecule has 0 saturated heterocycles. The highest BCUT2D eigenvalue weighted by molar-refractivity contribution is 7.80. The van der Waals surface area contributed by atoms with Crippen LogP contribution in [0.1, 0.15) is 47.3 Å². The van der Waals surface area contributed by atoms with E-state index in [1.807, 2.05) is 6.07 Å². The number of benzene rings is 1. The molecule has 4 nitrogen and oxygen atoms in total. The van der Waals surface area contributed by atoms with Crippen LogP contribution in [0, 0.1) is 17.2 Å². The summed E-state index contributed by atoms with van der Waals surface area (Å²) in [5.74, 6) is 0.120. The summed E-state index contributed by atoms with van der Waals surface area (Å²) < 4.78 is 12.9. The number of halogens is 1. The maximum absolute atomic E-state index is 12.9. The quantitative estimate of drug-likeness (QED) is 0.502. The fourth-order valence-corrected chi connectivity index (χ4v) is 4.52. The molecule has 0 spiro atoms. The molecule has 0 bridgehead atoms. The van der Waals surface area contributed by atoms with Crippen LogP contribution in [0.2, 0.25) is 0 Å². The fourth-order valence-electron chi connectivity index (χ4n) is 3.25. The van der Waals surface area contributed by atoms with Crippen LogP contribution in [-0.4, -0.2) is 11.0 Å². The second-order valence-electron chi connectivity index (χ2n) is 7.90. The smallest absolute Gasteiger partial charge is 0.279 e. The summed E-state index contributed by atoms with van der Waals surface area (Å²) in [5, 5.41) is 3.13. The van der Waals surface area contributed by atoms with E-state index < -0.39 is 0 Å². The molecular weight excluding hydrogens is 381 g/mol. The summed E-state index contributed by atoms with van der Waals surface area (Å²) in [4.78, 5) is 14.4. The minimum Gasteiger partial charge on any atom is -0.331 e. The van der Waals surface area contributed by atoms with E-state index in [0.717, 1.165) is 12.8 Å². The van der Waals surface area contributed by atoms with Gasteiger partial charge in [-0.15, -0.1) is 11.3 Å². The van der Waals surface area contributed by atoms with E-state index in [2.05, 4.69) is 36.9 Å². The molecule has 0 fully saturated rings. The molecule has 7 heteroatoms. The van der Waals surface area contributed by atoms with Crippen LogP contribution >= 0.6 is 23.6 Å². The van der Waals surface area contributed by atoms with Crippen molar-refractivity contribution >= 4 is 40.3 Å². The van der Waals surface area contributed by atoms with E-state index in [-0.39, 0.29) is 22.3 Å². The minimum atomic E-state index is -0.317. The number of aryl methyl sites for hydroxylation is 1. The Morgan fingerprint density at radius 3 is 2.59 bits per heavy atom. The lowest BCUT2D eigenvalue weighted by molar-refractivity contribution is 0.0948. The van der Waals surface area contributed by atoms with Crippen molar-refractivity contribution in [3.63, 3.8) is 0 Å². The number of rotatable bonds is 2. The van der Waals surface area contributed by atoms with Crippen molar-refractivity contribution in [1.29, 1.82) is 0 Å². The average molecular weight is 406 g/mol. The summed E-state index contributed by atoms with van der Waals surface area (Å²) >= 11 is 6.71. The summed E-state index contributed by atoms with van der Waals surface area (Å²) in [7, 11) is 0. The van der Waals surface area contributed by atoms with Gasteiger partial charge >= 0.3 is 0 Å². The zero-order valence-corrected chi connectivity index (χ0v) is 17.3. The molecule has 1 amide bonds. The Balaban J connectivity index is 1.55. The summed E-state index contributed by atoms with van der Waals surface area (Å²) in [6.07, 6.45) is 3.23. The number of thiocarbonyl (C=S) groups is 1. The molecule has 0 unspecified atom stereocenters. The van der Waals surface area contributed by atoms with Gasteiger partial charge in [0.05, 0.1) is 4.88 Å². The molecule has 0 aliphatic heterocycles. The topological polar surface area (TPSA) is 53.2 Å². The number of fused-ring (bicyclic) bond motifs is 1. The van der Waals surface area contributed by atoms with Gasteiger partial charge in [-0.3, -0.25) is 15.6 Å². The van der Waals surface area contributed by atoms with E-state index in [4.69, 9.17) is 12.2 Å². The van der Waals surface area contributed by atoms with E-state index in [9.17, 15) is 9.18 Å². The highest BCUT2D eigenvalue weighted by atomic mass is 32.1. The number of nitrogens with one attached hydrogen (secondary N) is 3. The third-order valence-electron chi connectivity index (χ3n) is 4.92. The number of hydrazine groups is 1. The fraction of sp³-hybridized carbons (Fsp3) is 0.400. The predicted molar refractivity (Wildman–Crippen MR) is 113 cm³/mol. The minimum absolute atomic E-state index is 0.204. The Morgan fingerprint density at radius 1 is 1.22 bits per heavy atom. The molecule has 144 valence electrons. The van der Waals surface area contributed by atoms with Gasteiger partial charge in [0.25, 0.3) is 5.91 Å². The van der Waals surface area contributed by atoms with Gasteiger partial charge in [0, 0.05) is 10.6 Å². The van der Waals surface area contributed by atoms with Gasteiger partial charge in [-0.1, -0.05) is 20.8 Å². The number of thiophene rings is 1. The number of carbonyl (C=O) groups is 1. The SMILES string of the molecule is CC(C)(C)[C@H]1CCc2sc(C(=O)NNC(=S)Nc3ccc(F)cc3)cc2C1. The van der Waals surface area contributed by atoms with Crippen LogP contribution < -0.4 is 16.2 Å². The van der Waals surface area contributed by atoms with Gasteiger partial charge in [-0.25, -0.2) is 4.39 Å². The lowest BCUT2D eigenvalue weighted by Gasteiger charge is -2.33. The number of anilines is 1. The largest absolute Gasteiger partial charge is 0.331 e. The third-order valence-corrected chi connectivity index (χ3v) is 6.36. The second kappa shape index (κ2) is 7.94. The predicted octanol–water partition coefficient (Wildman–Crippen LogP) is 4.67. The highest BCUT2D eigenvalue weighted by Crippen LogP contribution is 2.40. The van der Waals surface area contributed by atoms with Gasteiger partial charge in [0.1, 0.15) is 5.82 Å². The molecule has 0 saturated carbocycles. The van der Waals surface area contributed by atoms with Crippen LogP contribution in [0.15, 0.2) is 30.3 Å². The molecule has 1 aliphatic carbocycles. The number of amides is 1. The lowest BCUT2D eigenvalue weighted by Crippen LogP contribution is -2.43. The monoisotopic (exact) mass is 405 g/mol. The standard InChI is InChI=1S/C20H24FN3OS2/c1-20(2,3)13-4-9-16-12(10-13)11-17(27-16)18(25)23-24-19(26)22-15-7-5-14(21)6-8-15/h5-8,11,13H,4,9-10H2,1-3H3,(H,23,25)(H2,22,24,26)/t13-/m0/s1. The molecule has 1 heterocycles. The van der Waals surface area contributed by atoms with E-state index >= 15 is 0 Å². The van der Waals surface area contributed by atoms with Crippen molar-refractivity contribution in [1.82, 2.24) is 10.9 Å². The Hall–Kier alpha value is -1.99. The van der Waals surface area contributed by atoms with Gasteiger partial charge in [0.2, 0.25) is 0 Å². The van der Waals surface area contributed by atoms with Gasteiger partial charge < -0.3 is 5.32 Å². The first-order valence-electron chi connectivity index (χ1n) is 8.97. The molecule has 2 aromatic rings. The van der Waals surface area contributed by atoms with Crippen LogP contribution in [0.25, 0.3) is 0 Å². The molecule has 0 radical (unpaired) electrons. The molecule has 1 aliphatic rings. The van der Waals surface area contributed by atoms with E-state index in [1.54, 1.807) is 23.5 Å². The Kier molecular flexibility index (Phi) is 5.81. The van der Waals surface area contributed by atoms with Crippen LogP contribution in [0.5, 0.6) is 0 Å². The normalized spacial score (nSPS) is 16.4. The van der Waals surface area contributed by atoms with Crippen LogP contribution in [-0.2, 0) is 12.8 Å². The molecular formula is C20H24FN3OS2. The molecule has 3 N–H and O–H groups in total. The molecule has 27 heavy (non-hydrogen) atoms. The van der Waals surface area contributed by atoms with E-state index in [0.29, 0.717) is 16.5 Å². The van der Waals surface area contributed by atoms with Gasteiger partial charge in [0.15, 0.2) is 5.11 Å². The average Bonchev–Trinajstić information content (AvgIpc) is 3.04. The Morgan fingerprint density at radius 2 is 1.93 bits per heavy atom. The van der Waals surface area contributed by atoms with Crippen molar-refractivity contribution in [2.24, 2.45) is 11.3 Å². The summed E-state index contributed by atoms with van der Waals surface area (Å²) in [6.45, 7) is 6.84. The highest BCUT2D eigenvalue weighted by Gasteiger charge is 2.30. The molecule has 1 atom stereocenters. The van der Waals surface area contributed by atoms with Crippen molar-refractivity contribution in [3.05, 3.63) is 51.5 Å². The third kappa shape index (κ3) is 5.05.